The highest BCUT2D eigenvalue weighted by Gasteiger charge is 2.15. The zero-order chi connectivity index (χ0) is 9.10. The summed E-state index contributed by atoms with van der Waals surface area (Å²) in [5, 5.41) is 0. The van der Waals surface area contributed by atoms with Gasteiger partial charge in [-0.2, -0.15) is 0 Å². The smallest absolute Gasteiger partial charge is 0.0930 e. The van der Waals surface area contributed by atoms with Crippen molar-refractivity contribution in [3.63, 3.8) is 0 Å². The molecule has 0 bridgehead atoms. The molecule has 0 aromatic heterocycles. The maximum atomic E-state index is 5.06. The number of hydrogen-bond acceptors (Lipinski definition) is 2. The molecule has 2 aliphatic rings. The van der Waals surface area contributed by atoms with Crippen LogP contribution in [0.15, 0.2) is 40.9 Å². The minimum Gasteiger partial charge on any atom is -0.379 e. The molecular weight excluding hydrogens is 162 g/mol. The average molecular weight is 175 g/mol. The van der Waals surface area contributed by atoms with E-state index in [1.54, 1.807) is 7.11 Å². The van der Waals surface area contributed by atoms with Crippen molar-refractivity contribution in [2.24, 2.45) is 4.99 Å². The summed E-state index contributed by atoms with van der Waals surface area (Å²) < 4.78 is 5.06. The number of methoxy groups -OCH3 is 1. The predicted octanol–water partition coefficient (Wildman–Crippen LogP) is 1.90. The molecule has 1 atom stereocenters. The summed E-state index contributed by atoms with van der Waals surface area (Å²) in [6, 6.07) is 0.240. The van der Waals surface area contributed by atoms with Crippen molar-refractivity contribution in [2.75, 3.05) is 13.7 Å². The van der Waals surface area contributed by atoms with E-state index in [-0.39, 0.29) is 6.04 Å². The van der Waals surface area contributed by atoms with Crippen LogP contribution in [0.4, 0.5) is 0 Å². The van der Waals surface area contributed by atoms with Crippen LogP contribution in [0.1, 0.15) is 6.42 Å². The monoisotopic (exact) mass is 175 g/mol. The van der Waals surface area contributed by atoms with Crippen LogP contribution >= 0.6 is 0 Å². The van der Waals surface area contributed by atoms with E-state index >= 15 is 0 Å². The molecule has 0 aromatic rings. The number of allylic oxidation sites excluding steroid dienone is 3. The SMILES string of the molecule is COCC1=NC2C=CC=CC2=CC1. The molecule has 0 amide bonds. The van der Waals surface area contributed by atoms with Gasteiger partial charge in [-0.05, 0) is 5.57 Å². The number of dihydropyridines is 1. The minimum atomic E-state index is 0.240. The molecule has 2 nitrogen and oxygen atoms in total. The topological polar surface area (TPSA) is 21.6 Å². The third kappa shape index (κ3) is 1.78. The van der Waals surface area contributed by atoms with Gasteiger partial charge in [0.1, 0.15) is 0 Å². The first kappa shape index (κ1) is 8.45. The van der Waals surface area contributed by atoms with Crippen molar-refractivity contribution in [1.29, 1.82) is 0 Å². The van der Waals surface area contributed by atoms with Crippen molar-refractivity contribution in [2.45, 2.75) is 12.5 Å². The van der Waals surface area contributed by atoms with Crippen LogP contribution in [0, 0.1) is 0 Å². The van der Waals surface area contributed by atoms with E-state index in [1.807, 2.05) is 6.08 Å². The normalized spacial score (nSPS) is 25.2. The number of aliphatic imine (C=N–C) groups is 1. The number of nitrogens with zero attached hydrogens (tertiary/aromatic N) is 1. The van der Waals surface area contributed by atoms with Gasteiger partial charge < -0.3 is 4.74 Å². The quantitative estimate of drug-likeness (QED) is 0.628. The Kier molecular flexibility index (Phi) is 2.41. The zero-order valence-corrected chi connectivity index (χ0v) is 7.73. The van der Waals surface area contributed by atoms with Crippen LogP contribution in [0.3, 0.4) is 0 Å². The lowest BCUT2D eigenvalue weighted by molar-refractivity contribution is 0.243. The molecule has 0 aromatic carbocycles. The fourth-order valence-electron chi connectivity index (χ4n) is 1.60. The zero-order valence-electron chi connectivity index (χ0n) is 7.73. The Hall–Kier alpha value is -1.15. The molecule has 13 heavy (non-hydrogen) atoms. The summed E-state index contributed by atoms with van der Waals surface area (Å²) in [6.45, 7) is 0.651. The summed E-state index contributed by atoms with van der Waals surface area (Å²) in [5.74, 6) is 0. The molecule has 0 radical (unpaired) electrons. The second-order valence-corrected chi connectivity index (χ2v) is 3.23. The highest BCUT2D eigenvalue weighted by molar-refractivity contribution is 5.88. The van der Waals surface area contributed by atoms with Gasteiger partial charge in [0, 0.05) is 19.2 Å². The summed E-state index contributed by atoms with van der Waals surface area (Å²) in [5.41, 5.74) is 2.44. The molecule has 0 fully saturated rings. The molecule has 0 spiro atoms. The van der Waals surface area contributed by atoms with Crippen LogP contribution in [-0.2, 0) is 4.74 Å². The number of rotatable bonds is 2. The van der Waals surface area contributed by atoms with Gasteiger partial charge in [-0.1, -0.05) is 30.4 Å². The van der Waals surface area contributed by atoms with E-state index in [4.69, 9.17) is 4.74 Å². The average Bonchev–Trinajstić information content (AvgIpc) is 2.18. The maximum Gasteiger partial charge on any atom is 0.0930 e. The molecule has 1 aliphatic carbocycles. The molecule has 2 rings (SSSR count). The van der Waals surface area contributed by atoms with Crippen molar-refractivity contribution in [3.05, 3.63) is 36.0 Å². The lowest BCUT2D eigenvalue weighted by atomic mass is 9.97. The van der Waals surface area contributed by atoms with Crippen LogP contribution in [0.5, 0.6) is 0 Å². The van der Waals surface area contributed by atoms with Crippen molar-refractivity contribution >= 4 is 5.71 Å². The van der Waals surface area contributed by atoms with Gasteiger partial charge in [0.25, 0.3) is 0 Å². The van der Waals surface area contributed by atoms with Crippen LogP contribution in [-0.4, -0.2) is 25.5 Å². The fraction of sp³-hybridized carbons (Fsp3) is 0.364. The molecule has 1 aliphatic heterocycles. The van der Waals surface area contributed by atoms with E-state index in [0.717, 1.165) is 12.1 Å². The Balaban J connectivity index is 2.13. The second kappa shape index (κ2) is 3.71. The molecule has 0 saturated carbocycles. The van der Waals surface area contributed by atoms with Gasteiger partial charge in [0.05, 0.1) is 12.6 Å². The van der Waals surface area contributed by atoms with Gasteiger partial charge in [0.15, 0.2) is 0 Å². The van der Waals surface area contributed by atoms with E-state index in [2.05, 4.69) is 29.3 Å². The van der Waals surface area contributed by atoms with E-state index in [9.17, 15) is 0 Å². The third-order valence-corrected chi connectivity index (χ3v) is 2.24. The molecule has 1 heterocycles. The van der Waals surface area contributed by atoms with E-state index < -0.39 is 0 Å². The first-order chi connectivity index (χ1) is 6.40. The summed E-state index contributed by atoms with van der Waals surface area (Å²) in [4.78, 5) is 4.58. The Labute approximate surface area is 78.3 Å². The molecule has 0 N–H and O–H groups in total. The standard InChI is InChI=1S/C11H13NO/c1-13-8-10-7-6-9-4-2-3-5-11(9)12-10/h2-6,11H,7-8H2,1H3. The Morgan fingerprint density at radius 3 is 3.31 bits per heavy atom. The van der Waals surface area contributed by atoms with Crippen LogP contribution in [0.25, 0.3) is 0 Å². The minimum absolute atomic E-state index is 0.240. The second-order valence-electron chi connectivity index (χ2n) is 3.23. The van der Waals surface area contributed by atoms with Crippen LogP contribution < -0.4 is 0 Å². The number of fused-ring (bicyclic) bond motifs is 1. The van der Waals surface area contributed by atoms with Gasteiger partial charge in [-0.3, -0.25) is 4.99 Å². The summed E-state index contributed by atoms with van der Waals surface area (Å²) >= 11 is 0. The van der Waals surface area contributed by atoms with Gasteiger partial charge >= 0.3 is 0 Å². The third-order valence-electron chi connectivity index (χ3n) is 2.24. The van der Waals surface area contributed by atoms with Crippen LogP contribution in [0.2, 0.25) is 0 Å². The predicted molar refractivity (Wildman–Crippen MR) is 54.1 cm³/mol. The highest BCUT2D eigenvalue weighted by Crippen LogP contribution is 2.20. The molecular formula is C11H13NO. The van der Waals surface area contributed by atoms with Crippen molar-refractivity contribution in [1.82, 2.24) is 0 Å². The molecule has 1 unspecified atom stereocenters. The largest absolute Gasteiger partial charge is 0.379 e. The fourth-order valence-corrected chi connectivity index (χ4v) is 1.60. The Morgan fingerprint density at radius 1 is 1.54 bits per heavy atom. The molecule has 68 valence electrons. The molecule has 0 saturated heterocycles. The Morgan fingerprint density at radius 2 is 2.46 bits per heavy atom. The van der Waals surface area contributed by atoms with Gasteiger partial charge in [-0.15, -0.1) is 0 Å². The van der Waals surface area contributed by atoms with Gasteiger partial charge in [0.2, 0.25) is 0 Å². The first-order valence-corrected chi connectivity index (χ1v) is 4.49. The lowest BCUT2D eigenvalue weighted by Gasteiger charge is -2.19. The Bertz CT molecular complexity index is 310. The number of ether oxygens (including phenoxy) is 1. The molecule has 2 heteroatoms. The van der Waals surface area contributed by atoms with E-state index in [0.29, 0.717) is 6.61 Å². The van der Waals surface area contributed by atoms with E-state index in [1.165, 1.54) is 5.57 Å². The van der Waals surface area contributed by atoms with Gasteiger partial charge in [-0.25, -0.2) is 0 Å². The maximum absolute atomic E-state index is 5.06. The first-order valence-electron chi connectivity index (χ1n) is 4.49. The van der Waals surface area contributed by atoms with Crippen molar-refractivity contribution < 1.29 is 4.74 Å². The summed E-state index contributed by atoms with van der Waals surface area (Å²) in [7, 11) is 1.71. The number of hydrogen-bond donors (Lipinski definition) is 0. The summed E-state index contributed by atoms with van der Waals surface area (Å²) in [6.07, 6.45) is 11.5. The highest BCUT2D eigenvalue weighted by atomic mass is 16.5. The van der Waals surface area contributed by atoms with Crippen molar-refractivity contribution in [3.8, 4) is 0 Å². The lowest BCUT2D eigenvalue weighted by Crippen LogP contribution is -2.18.